The van der Waals surface area contributed by atoms with E-state index in [-0.39, 0.29) is 5.69 Å². The number of halogens is 5. The third kappa shape index (κ3) is 1.75. The van der Waals surface area contributed by atoms with Gasteiger partial charge in [-0.15, -0.1) is 0 Å². The van der Waals surface area contributed by atoms with Gasteiger partial charge in [-0.2, -0.15) is 22.0 Å². The van der Waals surface area contributed by atoms with Gasteiger partial charge in [0.25, 0.3) is 0 Å². The largest absolute Gasteiger partial charge is 0.458 e. The van der Waals surface area contributed by atoms with Crippen LogP contribution in [0.5, 0.6) is 0 Å². The van der Waals surface area contributed by atoms with Gasteiger partial charge in [-0.3, -0.25) is 4.98 Å². The Morgan fingerprint density at radius 2 is 1.64 bits per heavy atom. The maximum Gasteiger partial charge on any atom is 0.458 e. The molecule has 0 radical (unpaired) electrons. The fourth-order valence-corrected chi connectivity index (χ4v) is 0.793. The van der Waals surface area contributed by atoms with Crippen LogP contribution in [0.1, 0.15) is 5.56 Å². The molecule has 0 bridgehead atoms. The van der Waals surface area contributed by atoms with Crippen molar-refractivity contribution in [2.75, 3.05) is 5.73 Å². The number of hydrogen-bond donors (Lipinski definition) is 1. The van der Waals surface area contributed by atoms with Crippen molar-refractivity contribution in [1.82, 2.24) is 4.98 Å². The first kappa shape index (κ1) is 10.7. The van der Waals surface area contributed by atoms with E-state index in [0.29, 0.717) is 12.3 Å². The van der Waals surface area contributed by atoms with Crippen LogP contribution in [0.3, 0.4) is 0 Å². The minimum Gasteiger partial charge on any atom is -0.397 e. The second-order valence-corrected chi connectivity index (χ2v) is 2.58. The monoisotopic (exact) mass is 212 g/mol. The average Bonchev–Trinajstić information content (AvgIpc) is 2.02. The standard InChI is InChI=1S/C7H5F5N2/c8-6(9,7(10,11)12)4-1-5(13)3-14-2-4/h1-3H,13H2. The molecule has 1 heterocycles. The van der Waals surface area contributed by atoms with Crippen molar-refractivity contribution < 1.29 is 22.0 Å². The summed E-state index contributed by atoms with van der Waals surface area (Å²) in [5.41, 5.74) is 3.53. The quantitative estimate of drug-likeness (QED) is 0.725. The lowest BCUT2D eigenvalue weighted by atomic mass is 10.1. The van der Waals surface area contributed by atoms with Crippen LogP contribution in [0, 0.1) is 0 Å². The summed E-state index contributed by atoms with van der Waals surface area (Å²) >= 11 is 0. The Labute approximate surface area is 75.5 Å². The lowest BCUT2D eigenvalue weighted by Gasteiger charge is -2.19. The molecule has 0 amide bonds. The number of nitrogen functional groups attached to an aromatic ring is 1. The Balaban J connectivity index is 3.16. The predicted octanol–water partition coefficient (Wildman–Crippen LogP) is 2.32. The van der Waals surface area contributed by atoms with Gasteiger partial charge in [0.1, 0.15) is 0 Å². The summed E-state index contributed by atoms with van der Waals surface area (Å²) in [6.07, 6.45) is -4.22. The molecule has 0 saturated heterocycles. The van der Waals surface area contributed by atoms with Gasteiger partial charge in [0, 0.05) is 12.4 Å². The first-order valence-electron chi connectivity index (χ1n) is 3.40. The number of hydrogen-bond acceptors (Lipinski definition) is 2. The highest BCUT2D eigenvalue weighted by molar-refractivity contribution is 5.38. The molecule has 2 N–H and O–H groups in total. The molecular formula is C7H5F5N2. The zero-order valence-corrected chi connectivity index (χ0v) is 6.65. The van der Waals surface area contributed by atoms with E-state index in [1.807, 2.05) is 0 Å². The Hall–Kier alpha value is -1.40. The van der Waals surface area contributed by atoms with Crippen LogP contribution in [-0.2, 0) is 5.92 Å². The minimum absolute atomic E-state index is 0.244. The molecule has 0 aliphatic heterocycles. The molecule has 0 fully saturated rings. The summed E-state index contributed by atoms with van der Waals surface area (Å²) < 4.78 is 60.7. The van der Waals surface area contributed by atoms with Crippen LogP contribution in [0.4, 0.5) is 27.6 Å². The molecule has 2 nitrogen and oxygen atoms in total. The lowest BCUT2D eigenvalue weighted by molar-refractivity contribution is -0.289. The maximum absolute atomic E-state index is 12.6. The van der Waals surface area contributed by atoms with Crippen LogP contribution >= 0.6 is 0 Å². The number of nitrogens with zero attached hydrogens (tertiary/aromatic N) is 1. The fourth-order valence-electron chi connectivity index (χ4n) is 0.793. The molecule has 1 aromatic rings. The summed E-state index contributed by atoms with van der Waals surface area (Å²) in [6, 6.07) is 0.542. The van der Waals surface area contributed by atoms with E-state index in [9.17, 15) is 22.0 Å². The van der Waals surface area contributed by atoms with E-state index >= 15 is 0 Å². The molecule has 0 saturated carbocycles. The van der Waals surface area contributed by atoms with Crippen molar-refractivity contribution in [2.45, 2.75) is 12.1 Å². The van der Waals surface area contributed by atoms with Crippen molar-refractivity contribution in [1.29, 1.82) is 0 Å². The molecule has 14 heavy (non-hydrogen) atoms. The van der Waals surface area contributed by atoms with E-state index in [1.54, 1.807) is 0 Å². The lowest BCUT2D eigenvalue weighted by Crippen LogP contribution is -2.33. The van der Waals surface area contributed by atoms with Gasteiger partial charge >= 0.3 is 12.1 Å². The molecule has 0 atom stereocenters. The maximum atomic E-state index is 12.6. The Morgan fingerprint density at radius 3 is 2.07 bits per heavy atom. The molecule has 0 aromatic carbocycles. The van der Waals surface area contributed by atoms with E-state index in [0.717, 1.165) is 6.20 Å². The van der Waals surface area contributed by atoms with E-state index < -0.39 is 17.7 Å². The van der Waals surface area contributed by atoms with Gasteiger partial charge in [0.2, 0.25) is 0 Å². The topological polar surface area (TPSA) is 38.9 Å². The highest BCUT2D eigenvalue weighted by Gasteiger charge is 2.58. The minimum atomic E-state index is -5.64. The predicted molar refractivity (Wildman–Crippen MR) is 38.6 cm³/mol. The Bertz CT molecular complexity index is 333. The SMILES string of the molecule is Nc1cncc(C(F)(F)C(F)(F)F)c1. The summed E-state index contributed by atoms with van der Waals surface area (Å²) in [6.45, 7) is 0. The molecule has 7 heteroatoms. The zero-order chi connectivity index (χ0) is 11.0. The third-order valence-corrected chi connectivity index (χ3v) is 1.48. The van der Waals surface area contributed by atoms with Gasteiger partial charge in [-0.25, -0.2) is 0 Å². The van der Waals surface area contributed by atoms with Crippen LogP contribution < -0.4 is 5.73 Å². The second-order valence-electron chi connectivity index (χ2n) is 2.58. The highest BCUT2D eigenvalue weighted by atomic mass is 19.4. The summed E-state index contributed by atoms with van der Waals surface area (Å²) in [5.74, 6) is -4.92. The van der Waals surface area contributed by atoms with Crippen molar-refractivity contribution >= 4 is 5.69 Å². The number of aromatic nitrogens is 1. The molecule has 0 aliphatic carbocycles. The first-order chi connectivity index (χ1) is 6.25. The Morgan fingerprint density at radius 1 is 1.07 bits per heavy atom. The summed E-state index contributed by atoms with van der Waals surface area (Å²) in [4.78, 5) is 3.16. The molecule has 0 unspecified atom stereocenters. The van der Waals surface area contributed by atoms with Crippen LogP contribution in [0.2, 0.25) is 0 Å². The van der Waals surface area contributed by atoms with Crippen molar-refractivity contribution in [2.24, 2.45) is 0 Å². The Kier molecular flexibility index (Phi) is 2.34. The fraction of sp³-hybridized carbons (Fsp3) is 0.286. The van der Waals surface area contributed by atoms with Gasteiger partial charge < -0.3 is 5.73 Å². The third-order valence-electron chi connectivity index (χ3n) is 1.48. The number of pyridine rings is 1. The van der Waals surface area contributed by atoms with Crippen LogP contribution in [-0.4, -0.2) is 11.2 Å². The van der Waals surface area contributed by atoms with Crippen molar-refractivity contribution in [3.05, 3.63) is 24.0 Å². The van der Waals surface area contributed by atoms with Crippen molar-refractivity contribution in [3.8, 4) is 0 Å². The highest BCUT2D eigenvalue weighted by Crippen LogP contribution is 2.43. The van der Waals surface area contributed by atoms with Crippen LogP contribution in [0.15, 0.2) is 18.5 Å². The molecule has 0 spiro atoms. The van der Waals surface area contributed by atoms with Gasteiger partial charge in [0.05, 0.1) is 11.3 Å². The van der Waals surface area contributed by atoms with Gasteiger partial charge in [-0.05, 0) is 6.07 Å². The molecule has 1 aromatic heterocycles. The van der Waals surface area contributed by atoms with E-state index in [2.05, 4.69) is 4.98 Å². The normalized spacial score (nSPS) is 12.9. The number of anilines is 1. The average molecular weight is 212 g/mol. The molecule has 0 aliphatic rings. The van der Waals surface area contributed by atoms with E-state index in [1.165, 1.54) is 0 Å². The molecule has 78 valence electrons. The first-order valence-corrected chi connectivity index (χ1v) is 3.40. The zero-order valence-electron chi connectivity index (χ0n) is 6.65. The van der Waals surface area contributed by atoms with Crippen LogP contribution in [0.25, 0.3) is 0 Å². The summed E-state index contributed by atoms with van der Waals surface area (Å²) in [7, 11) is 0. The summed E-state index contributed by atoms with van der Waals surface area (Å²) in [5, 5.41) is 0. The molecular weight excluding hydrogens is 207 g/mol. The number of nitrogens with two attached hydrogens (primary N) is 1. The van der Waals surface area contributed by atoms with E-state index in [4.69, 9.17) is 5.73 Å². The van der Waals surface area contributed by atoms with Gasteiger partial charge in [-0.1, -0.05) is 0 Å². The van der Waals surface area contributed by atoms with Gasteiger partial charge in [0.15, 0.2) is 0 Å². The number of rotatable bonds is 1. The number of alkyl halides is 5. The molecule has 1 rings (SSSR count). The van der Waals surface area contributed by atoms with Crippen molar-refractivity contribution in [3.63, 3.8) is 0 Å². The second kappa shape index (κ2) is 3.07. The smallest absolute Gasteiger partial charge is 0.397 e.